The van der Waals surface area contributed by atoms with Gasteiger partial charge in [0.15, 0.2) is 5.82 Å². The molecule has 1 aromatic heterocycles. The molecular weight excluding hydrogens is 344 g/mol. The fourth-order valence-electron chi connectivity index (χ4n) is 2.69. The number of primary amides is 1. The molecule has 1 aliphatic heterocycles. The number of piperidine rings is 1. The van der Waals surface area contributed by atoms with Crippen LogP contribution in [0.15, 0.2) is 4.52 Å². The summed E-state index contributed by atoms with van der Waals surface area (Å²) in [6.45, 7) is 0.856. The van der Waals surface area contributed by atoms with E-state index in [4.69, 9.17) is 21.1 Å². The van der Waals surface area contributed by atoms with E-state index in [0.29, 0.717) is 5.82 Å². The predicted octanol–water partition coefficient (Wildman–Crippen LogP) is -0.891. The van der Waals surface area contributed by atoms with Crippen molar-refractivity contribution in [1.29, 1.82) is 0 Å². The van der Waals surface area contributed by atoms with Crippen molar-refractivity contribution in [3.8, 4) is 0 Å². The van der Waals surface area contributed by atoms with Crippen LogP contribution in [-0.2, 0) is 14.4 Å². The normalized spacial score (nSPS) is 19.5. The van der Waals surface area contributed by atoms with E-state index in [9.17, 15) is 14.4 Å². The largest absolute Gasteiger partial charge is 0.481 e. The highest BCUT2D eigenvalue weighted by Gasteiger charge is 2.28. The molecule has 7 N–H and O–H groups in total. The van der Waals surface area contributed by atoms with E-state index in [1.165, 1.54) is 0 Å². The first-order chi connectivity index (χ1) is 12.4. The standard InChI is InChI=1S/C15H24N6O5/c16-8(4-5-12(23)24)14(25)19-10(7-11(17)22)15-20-13(21-26-15)9-3-1-2-6-18-9/h8-10,18H,1-7,16H2,(H2,17,22)(H,19,25)(H,23,24)/t8-,9+,10-/m0/s1. The molecular formula is C15H24N6O5. The fraction of sp³-hybridized carbons (Fsp3) is 0.667. The van der Waals surface area contributed by atoms with Gasteiger partial charge in [-0.3, -0.25) is 14.4 Å². The molecule has 1 fully saturated rings. The van der Waals surface area contributed by atoms with Crippen LogP contribution in [0.1, 0.15) is 62.3 Å². The molecule has 0 aromatic carbocycles. The molecule has 0 spiro atoms. The Hall–Kier alpha value is -2.53. The molecule has 2 heterocycles. The number of carboxylic acids is 1. The number of nitrogens with two attached hydrogens (primary N) is 2. The molecule has 0 aliphatic carbocycles. The number of hydrogen-bond donors (Lipinski definition) is 5. The Morgan fingerprint density at radius 3 is 2.77 bits per heavy atom. The Balaban J connectivity index is 2.04. The second kappa shape index (κ2) is 9.25. The number of nitrogens with zero attached hydrogens (tertiary/aromatic N) is 2. The van der Waals surface area contributed by atoms with Crippen molar-refractivity contribution >= 4 is 17.8 Å². The summed E-state index contributed by atoms with van der Waals surface area (Å²) in [6.07, 6.45) is 2.47. The van der Waals surface area contributed by atoms with Gasteiger partial charge in [-0.15, -0.1) is 0 Å². The van der Waals surface area contributed by atoms with Gasteiger partial charge < -0.3 is 31.7 Å². The van der Waals surface area contributed by atoms with Crippen LogP contribution < -0.4 is 22.1 Å². The first-order valence-corrected chi connectivity index (χ1v) is 8.49. The summed E-state index contributed by atoms with van der Waals surface area (Å²) in [5.41, 5.74) is 10.9. The zero-order valence-electron chi connectivity index (χ0n) is 14.3. The van der Waals surface area contributed by atoms with Crippen molar-refractivity contribution in [3.63, 3.8) is 0 Å². The summed E-state index contributed by atoms with van der Waals surface area (Å²) in [6, 6.07) is -1.99. The van der Waals surface area contributed by atoms with E-state index >= 15 is 0 Å². The van der Waals surface area contributed by atoms with E-state index in [-0.39, 0.29) is 31.2 Å². The second-order valence-corrected chi connectivity index (χ2v) is 6.26. The summed E-state index contributed by atoms with van der Waals surface area (Å²) in [5, 5.41) is 18.4. The topological polar surface area (TPSA) is 186 Å². The van der Waals surface area contributed by atoms with Gasteiger partial charge in [-0.05, 0) is 25.8 Å². The molecule has 144 valence electrons. The van der Waals surface area contributed by atoms with Crippen molar-refractivity contribution < 1.29 is 24.0 Å². The first-order valence-electron chi connectivity index (χ1n) is 8.49. The molecule has 1 aromatic rings. The Bertz CT molecular complexity index is 642. The molecule has 11 nitrogen and oxygen atoms in total. The lowest BCUT2D eigenvalue weighted by Gasteiger charge is -2.20. The van der Waals surface area contributed by atoms with Gasteiger partial charge in [-0.2, -0.15) is 4.98 Å². The Morgan fingerprint density at radius 1 is 1.38 bits per heavy atom. The van der Waals surface area contributed by atoms with Crippen LogP contribution in [0, 0.1) is 0 Å². The number of carboxylic acid groups (broad SMARTS) is 1. The number of carbonyl (C=O) groups is 3. The lowest BCUT2D eigenvalue weighted by molar-refractivity contribution is -0.137. The monoisotopic (exact) mass is 368 g/mol. The average Bonchev–Trinajstić information content (AvgIpc) is 3.09. The molecule has 0 radical (unpaired) electrons. The maximum atomic E-state index is 12.1. The van der Waals surface area contributed by atoms with Gasteiger partial charge in [-0.25, -0.2) is 0 Å². The zero-order valence-corrected chi connectivity index (χ0v) is 14.3. The van der Waals surface area contributed by atoms with E-state index in [2.05, 4.69) is 20.8 Å². The molecule has 26 heavy (non-hydrogen) atoms. The number of aliphatic carboxylic acids is 1. The van der Waals surface area contributed by atoms with Crippen molar-refractivity contribution in [2.75, 3.05) is 6.54 Å². The molecule has 0 unspecified atom stereocenters. The third kappa shape index (κ3) is 5.77. The number of nitrogens with one attached hydrogen (secondary N) is 2. The third-order valence-corrected chi connectivity index (χ3v) is 4.11. The second-order valence-electron chi connectivity index (χ2n) is 6.26. The van der Waals surface area contributed by atoms with Crippen LogP contribution in [-0.4, -0.2) is 45.6 Å². The van der Waals surface area contributed by atoms with Crippen LogP contribution in [0.2, 0.25) is 0 Å². The zero-order chi connectivity index (χ0) is 19.1. The predicted molar refractivity (Wildman–Crippen MR) is 88.4 cm³/mol. The highest BCUT2D eigenvalue weighted by atomic mass is 16.5. The highest BCUT2D eigenvalue weighted by Crippen LogP contribution is 2.23. The summed E-state index contributed by atoms with van der Waals surface area (Å²) >= 11 is 0. The van der Waals surface area contributed by atoms with Crippen LogP contribution in [0.25, 0.3) is 0 Å². The van der Waals surface area contributed by atoms with Crippen molar-refractivity contribution in [2.45, 2.75) is 56.7 Å². The van der Waals surface area contributed by atoms with Gasteiger partial charge in [0, 0.05) is 6.42 Å². The quantitative estimate of drug-likeness (QED) is 0.368. The third-order valence-electron chi connectivity index (χ3n) is 4.11. The van der Waals surface area contributed by atoms with Crippen molar-refractivity contribution in [2.24, 2.45) is 11.5 Å². The van der Waals surface area contributed by atoms with Crippen molar-refractivity contribution in [3.05, 3.63) is 11.7 Å². The lowest BCUT2D eigenvalue weighted by Crippen LogP contribution is -2.43. The Labute approximate surface area is 149 Å². The SMILES string of the molecule is NC(=O)C[C@H](NC(=O)[C@@H](N)CCC(=O)O)c1nc([C@H]2CCCCN2)no1. The van der Waals surface area contributed by atoms with E-state index < -0.39 is 29.9 Å². The van der Waals surface area contributed by atoms with Gasteiger partial charge in [0.2, 0.25) is 17.7 Å². The van der Waals surface area contributed by atoms with Gasteiger partial charge in [0.05, 0.1) is 18.5 Å². The molecule has 1 saturated heterocycles. The molecule has 0 bridgehead atoms. The maximum Gasteiger partial charge on any atom is 0.303 e. The van der Waals surface area contributed by atoms with E-state index in [1.54, 1.807) is 0 Å². The minimum Gasteiger partial charge on any atom is -0.481 e. The van der Waals surface area contributed by atoms with E-state index in [0.717, 1.165) is 25.8 Å². The number of amides is 2. The van der Waals surface area contributed by atoms with Crippen molar-refractivity contribution in [1.82, 2.24) is 20.8 Å². The summed E-state index contributed by atoms with van der Waals surface area (Å²) in [5.74, 6) is -1.81. The molecule has 2 amide bonds. The Kier molecular flexibility index (Phi) is 7.04. The van der Waals surface area contributed by atoms with Crippen LogP contribution in [0.3, 0.4) is 0 Å². The van der Waals surface area contributed by atoms with E-state index in [1.807, 2.05) is 0 Å². The minimum absolute atomic E-state index is 0.0362. The highest BCUT2D eigenvalue weighted by molar-refractivity contribution is 5.83. The van der Waals surface area contributed by atoms with Gasteiger partial charge >= 0.3 is 5.97 Å². The van der Waals surface area contributed by atoms with Crippen LogP contribution in [0.5, 0.6) is 0 Å². The number of carbonyl (C=O) groups excluding carboxylic acids is 2. The molecule has 11 heteroatoms. The maximum absolute atomic E-state index is 12.1. The first kappa shape index (κ1) is 19.8. The number of aromatic nitrogens is 2. The van der Waals surface area contributed by atoms with Gasteiger partial charge in [0.1, 0.15) is 6.04 Å². The molecule has 3 atom stereocenters. The van der Waals surface area contributed by atoms with Crippen LogP contribution >= 0.6 is 0 Å². The average molecular weight is 368 g/mol. The van der Waals surface area contributed by atoms with Gasteiger partial charge in [0.25, 0.3) is 0 Å². The smallest absolute Gasteiger partial charge is 0.303 e. The lowest BCUT2D eigenvalue weighted by atomic mass is 10.0. The van der Waals surface area contributed by atoms with Crippen LogP contribution in [0.4, 0.5) is 0 Å². The fourth-order valence-corrected chi connectivity index (χ4v) is 2.69. The molecule has 0 saturated carbocycles. The summed E-state index contributed by atoms with van der Waals surface area (Å²) in [7, 11) is 0. The van der Waals surface area contributed by atoms with Gasteiger partial charge in [-0.1, -0.05) is 11.6 Å². The summed E-state index contributed by atoms with van der Waals surface area (Å²) in [4.78, 5) is 38.3. The summed E-state index contributed by atoms with van der Waals surface area (Å²) < 4.78 is 5.20. The minimum atomic E-state index is -1.05. The molecule has 2 rings (SSSR count). The molecule has 1 aliphatic rings. The number of hydrogen-bond acceptors (Lipinski definition) is 8. The number of rotatable bonds is 9. The Morgan fingerprint density at radius 2 is 2.15 bits per heavy atom.